The lowest BCUT2D eigenvalue weighted by molar-refractivity contribution is -0.0321. The van der Waals surface area contributed by atoms with Crippen LogP contribution in [0.3, 0.4) is 0 Å². The summed E-state index contributed by atoms with van der Waals surface area (Å²) in [7, 11) is 0. The van der Waals surface area contributed by atoms with Crippen molar-refractivity contribution in [3.8, 4) is 0 Å². The maximum absolute atomic E-state index is 12.1. The third-order valence-electron chi connectivity index (χ3n) is 5.44. The summed E-state index contributed by atoms with van der Waals surface area (Å²) in [4.78, 5) is 19.7. The number of pyridine rings is 1. The molecule has 1 saturated heterocycles. The summed E-state index contributed by atoms with van der Waals surface area (Å²) in [5, 5.41) is 2.21. The molecule has 5 nitrogen and oxygen atoms in total. The highest BCUT2D eigenvalue weighted by Gasteiger charge is 2.29. The molecule has 3 heterocycles. The van der Waals surface area contributed by atoms with Gasteiger partial charge in [0.1, 0.15) is 0 Å². The first kappa shape index (κ1) is 18.2. The number of ether oxygens (including phenoxy) is 1. The Morgan fingerprint density at radius 2 is 2.03 bits per heavy atom. The van der Waals surface area contributed by atoms with Gasteiger partial charge in [-0.25, -0.2) is 0 Å². The number of rotatable bonds is 4. The molecule has 6 heteroatoms. The third kappa shape index (κ3) is 3.40. The number of hydrogen-bond acceptors (Lipinski definition) is 5. The van der Waals surface area contributed by atoms with Gasteiger partial charge < -0.3 is 10.5 Å². The number of benzene rings is 2. The van der Waals surface area contributed by atoms with Crippen molar-refractivity contribution >= 4 is 38.2 Å². The van der Waals surface area contributed by atoms with Gasteiger partial charge in [-0.15, -0.1) is 11.3 Å². The van der Waals surface area contributed by atoms with E-state index >= 15 is 0 Å². The van der Waals surface area contributed by atoms with E-state index in [0.717, 1.165) is 39.6 Å². The number of morpholine rings is 1. The van der Waals surface area contributed by atoms with Crippen molar-refractivity contribution in [1.29, 1.82) is 0 Å². The fourth-order valence-electron chi connectivity index (χ4n) is 4.12. The highest BCUT2D eigenvalue weighted by Crippen LogP contribution is 2.38. The Kier molecular flexibility index (Phi) is 4.75. The molecule has 1 fully saturated rings. The summed E-state index contributed by atoms with van der Waals surface area (Å²) in [5.74, 6) is -0.389. The molecule has 2 N–H and O–H groups in total. The maximum atomic E-state index is 12.1. The lowest BCUT2D eigenvalue weighted by atomic mass is 10.0. The SMILES string of the molecule is NC(=O)c1sc2ccccc2c1[C@H]1CN(Cc2cccc3cccnc23)CCO1. The summed E-state index contributed by atoms with van der Waals surface area (Å²) < 4.78 is 7.18. The van der Waals surface area contributed by atoms with Gasteiger partial charge in [0.2, 0.25) is 0 Å². The zero-order valence-corrected chi connectivity index (χ0v) is 16.7. The van der Waals surface area contributed by atoms with E-state index in [1.54, 1.807) is 0 Å². The van der Waals surface area contributed by atoms with E-state index in [0.29, 0.717) is 18.0 Å². The van der Waals surface area contributed by atoms with Crippen LogP contribution < -0.4 is 5.73 Å². The quantitative estimate of drug-likeness (QED) is 0.556. The number of aromatic nitrogens is 1. The van der Waals surface area contributed by atoms with E-state index in [4.69, 9.17) is 10.5 Å². The zero-order valence-electron chi connectivity index (χ0n) is 15.9. The van der Waals surface area contributed by atoms with E-state index in [1.165, 1.54) is 16.9 Å². The van der Waals surface area contributed by atoms with Crippen LogP contribution in [0.2, 0.25) is 0 Å². The Morgan fingerprint density at radius 3 is 2.93 bits per heavy atom. The van der Waals surface area contributed by atoms with Gasteiger partial charge in [-0.05, 0) is 23.1 Å². The van der Waals surface area contributed by atoms with E-state index in [2.05, 4.69) is 34.1 Å². The minimum absolute atomic E-state index is 0.176. The summed E-state index contributed by atoms with van der Waals surface area (Å²) >= 11 is 1.45. The van der Waals surface area contributed by atoms with Gasteiger partial charge in [-0.2, -0.15) is 0 Å². The van der Waals surface area contributed by atoms with Gasteiger partial charge in [-0.1, -0.05) is 42.5 Å². The normalized spacial score (nSPS) is 17.7. The van der Waals surface area contributed by atoms with Gasteiger partial charge in [0.25, 0.3) is 5.91 Å². The predicted molar refractivity (Wildman–Crippen MR) is 116 cm³/mol. The average molecular weight is 404 g/mol. The van der Waals surface area contributed by atoms with Crippen molar-refractivity contribution in [2.24, 2.45) is 5.73 Å². The average Bonchev–Trinajstić information content (AvgIpc) is 3.14. The molecular formula is C23H21N3O2S. The molecule has 146 valence electrons. The Hall–Kier alpha value is -2.80. The van der Waals surface area contributed by atoms with Crippen LogP contribution in [0.4, 0.5) is 0 Å². The largest absolute Gasteiger partial charge is 0.371 e. The van der Waals surface area contributed by atoms with Crippen molar-refractivity contribution in [2.75, 3.05) is 19.7 Å². The van der Waals surface area contributed by atoms with Crippen molar-refractivity contribution in [2.45, 2.75) is 12.6 Å². The predicted octanol–water partition coefficient (Wildman–Crippen LogP) is 4.12. The molecule has 0 bridgehead atoms. The van der Waals surface area contributed by atoms with E-state index in [9.17, 15) is 4.79 Å². The monoisotopic (exact) mass is 403 g/mol. The Balaban J connectivity index is 1.46. The molecule has 1 amide bonds. The van der Waals surface area contributed by atoms with E-state index in [-0.39, 0.29) is 12.0 Å². The van der Waals surface area contributed by atoms with Crippen LogP contribution in [0.1, 0.15) is 26.9 Å². The fourth-order valence-corrected chi connectivity index (χ4v) is 5.23. The zero-order chi connectivity index (χ0) is 19.8. The number of para-hydroxylation sites is 1. The standard InChI is InChI=1S/C23H21N3O2S/c24-23(27)22-20(17-8-1-2-9-19(17)29-22)18-14-26(11-12-28-18)13-16-6-3-5-15-7-4-10-25-21(15)16/h1-10,18H,11-14H2,(H2,24,27)/t18-/m1/s1. The summed E-state index contributed by atoms with van der Waals surface area (Å²) in [6.07, 6.45) is 1.66. The Bertz CT molecular complexity index is 1200. The number of carbonyl (C=O) groups is 1. The number of carbonyl (C=O) groups excluding carboxylic acids is 1. The van der Waals surface area contributed by atoms with Crippen molar-refractivity contribution < 1.29 is 9.53 Å². The second-order valence-electron chi connectivity index (χ2n) is 7.29. The number of amides is 1. The Labute approximate surface area is 172 Å². The Morgan fingerprint density at radius 1 is 1.17 bits per heavy atom. The maximum Gasteiger partial charge on any atom is 0.259 e. The van der Waals surface area contributed by atoms with Crippen LogP contribution in [0.5, 0.6) is 0 Å². The first-order chi connectivity index (χ1) is 14.2. The molecule has 0 spiro atoms. The molecule has 1 aliphatic rings. The fraction of sp³-hybridized carbons (Fsp3) is 0.217. The number of fused-ring (bicyclic) bond motifs is 2. The summed E-state index contributed by atoms with van der Waals surface area (Å²) in [5.41, 5.74) is 8.87. The molecular weight excluding hydrogens is 382 g/mol. The molecule has 5 rings (SSSR count). The summed E-state index contributed by atoms with van der Waals surface area (Å²) in [6.45, 7) is 2.96. The topological polar surface area (TPSA) is 68.5 Å². The molecule has 29 heavy (non-hydrogen) atoms. The lowest BCUT2D eigenvalue weighted by Crippen LogP contribution is -2.38. The van der Waals surface area contributed by atoms with Crippen LogP contribution in [-0.4, -0.2) is 35.5 Å². The number of thiophene rings is 1. The van der Waals surface area contributed by atoms with Gasteiger partial charge in [0, 0.05) is 41.5 Å². The highest BCUT2D eigenvalue weighted by atomic mass is 32.1. The van der Waals surface area contributed by atoms with E-state index in [1.807, 2.05) is 36.5 Å². The van der Waals surface area contributed by atoms with Crippen LogP contribution in [0.15, 0.2) is 60.8 Å². The number of nitrogens with two attached hydrogens (primary N) is 1. The van der Waals surface area contributed by atoms with Crippen molar-refractivity contribution in [3.63, 3.8) is 0 Å². The van der Waals surface area contributed by atoms with Crippen molar-refractivity contribution in [1.82, 2.24) is 9.88 Å². The summed E-state index contributed by atoms with van der Waals surface area (Å²) in [6, 6.07) is 18.4. The van der Waals surface area contributed by atoms with Gasteiger partial charge >= 0.3 is 0 Å². The minimum Gasteiger partial charge on any atom is -0.371 e. The van der Waals surface area contributed by atoms with Crippen LogP contribution >= 0.6 is 11.3 Å². The third-order valence-corrected chi connectivity index (χ3v) is 6.64. The van der Waals surface area contributed by atoms with E-state index < -0.39 is 0 Å². The molecule has 2 aromatic carbocycles. The second kappa shape index (κ2) is 7.55. The molecule has 0 radical (unpaired) electrons. The number of hydrogen-bond donors (Lipinski definition) is 1. The first-order valence-electron chi connectivity index (χ1n) is 9.68. The van der Waals surface area contributed by atoms with Crippen LogP contribution in [-0.2, 0) is 11.3 Å². The van der Waals surface area contributed by atoms with Crippen LogP contribution in [0.25, 0.3) is 21.0 Å². The van der Waals surface area contributed by atoms with Crippen LogP contribution in [0, 0.1) is 0 Å². The molecule has 1 atom stereocenters. The van der Waals surface area contributed by atoms with Gasteiger partial charge in [0.15, 0.2) is 0 Å². The number of nitrogens with zero attached hydrogens (tertiary/aromatic N) is 2. The van der Waals surface area contributed by atoms with Crippen molar-refractivity contribution in [3.05, 3.63) is 76.8 Å². The van der Waals surface area contributed by atoms with Gasteiger partial charge in [-0.3, -0.25) is 14.7 Å². The first-order valence-corrected chi connectivity index (χ1v) is 10.5. The second-order valence-corrected chi connectivity index (χ2v) is 8.34. The lowest BCUT2D eigenvalue weighted by Gasteiger charge is -2.33. The molecule has 0 unspecified atom stereocenters. The molecule has 4 aromatic rings. The molecule has 1 aliphatic heterocycles. The van der Waals surface area contributed by atoms with Gasteiger partial charge in [0.05, 0.1) is 23.1 Å². The minimum atomic E-state index is -0.389. The highest BCUT2D eigenvalue weighted by molar-refractivity contribution is 7.21. The molecule has 0 aliphatic carbocycles. The molecule has 0 saturated carbocycles. The molecule has 2 aromatic heterocycles. The smallest absolute Gasteiger partial charge is 0.259 e. The number of primary amides is 1.